The first-order valence-corrected chi connectivity index (χ1v) is 8.52. The molecule has 0 aromatic rings. The number of hydrazine groups is 1. The van der Waals surface area contributed by atoms with E-state index in [1.165, 1.54) is 44.9 Å². The molecule has 0 aromatic carbocycles. The van der Waals surface area contributed by atoms with Gasteiger partial charge >= 0.3 is 6.18 Å². The fourth-order valence-electron chi connectivity index (χ4n) is 2.56. The Kier molecular flexibility index (Phi) is 13.2. The number of nitrogens with two attached hydrogens (primary N) is 1. The Bertz CT molecular complexity index is 220. The molecule has 0 saturated carbocycles. The Hall–Kier alpha value is -0.290. The van der Waals surface area contributed by atoms with E-state index in [2.05, 4.69) is 12.3 Å². The van der Waals surface area contributed by atoms with Gasteiger partial charge in [0.05, 0.1) is 0 Å². The molecule has 128 valence electrons. The maximum Gasteiger partial charge on any atom is 0.389 e. The highest BCUT2D eigenvalue weighted by molar-refractivity contribution is 4.65. The van der Waals surface area contributed by atoms with Crippen molar-refractivity contribution in [3.63, 3.8) is 0 Å². The van der Waals surface area contributed by atoms with Gasteiger partial charge in [-0.15, -0.1) is 0 Å². The summed E-state index contributed by atoms with van der Waals surface area (Å²) in [6, 6.07) is 0.0249. The van der Waals surface area contributed by atoms with Gasteiger partial charge in [0.25, 0.3) is 0 Å². The number of alkyl halides is 3. The molecular weight excluding hydrogens is 277 g/mol. The number of nitrogens with one attached hydrogen (secondary N) is 1. The Morgan fingerprint density at radius 2 is 1.29 bits per heavy atom. The second kappa shape index (κ2) is 13.4. The SMILES string of the molecule is CCCCCCCCCCCC(CCCC(F)(F)F)NN. The van der Waals surface area contributed by atoms with Gasteiger partial charge in [0.1, 0.15) is 0 Å². The topological polar surface area (TPSA) is 38.0 Å². The molecule has 2 nitrogen and oxygen atoms in total. The fraction of sp³-hybridized carbons (Fsp3) is 1.00. The average Bonchev–Trinajstić information content (AvgIpc) is 2.42. The molecule has 0 radical (unpaired) electrons. The molecule has 0 heterocycles. The Balaban J connectivity index is 3.39. The molecule has 0 aliphatic rings. The molecule has 0 aromatic heterocycles. The molecule has 0 aliphatic heterocycles. The lowest BCUT2D eigenvalue weighted by Crippen LogP contribution is -2.35. The Morgan fingerprint density at radius 3 is 1.76 bits per heavy atom. The van der Waals surface area contributed by atoms with Gasteiger partial charge in [-0.1, -0.05) is 64.7 Å². The second-order valence-electron chi connectivity index (χ2n) is 5.99. The summed E-state index contributed by atoms with van der Waals surface area (Å²) in [4.78, 5) is 0. The van der Waals surface area contributed by atoms with Crippen molar-refractivity contribution in [3.05, 3.63) is 0 Å². The van der Waals surface area contributed by atoms with Crippen LogP contribution in [-0.2, 0) is 0 Å². The molecule has 21 heavy (non-hydrogen) atoms. The average molecular weight is 310 g/mol. The summed E-state index contributed by atoms with van der Waals surface area (Å²) in [6.45, 7) is 2.22. The third-order valence-electron chi connectivity index (χ3n) is 3.90. The first-order chi connectivity index (χ1) is 9.99. The van der Waals surface area contributed by atoms with Gasteiger partial charge in [0.15, 0.2) is 0 Å². The van der Waals surface area contributed by atoms with Gasteiger partial charge < -0.3 is 0 Å². The first-order valence-electron chi connectivity index (χ1n) is 8.52. The molecule has 1 unspecified atom stereocenters. The lowest BCUT2D eigenvalue weighted by molar-refractivity contribution is -0.135. The van der Waals surface area contributed by atoms with Crippen molar-refractivity contribution in [3.8, 4) is 0 Å². The van der Waals surface area contributed by atoms with Crippen molar-refractivity contribution >= 4 is 0 Å². The maximum atomic E-state index is 12.1. The van der Waals surface area contributed by atoms with Crippen LogP contribution in [0.2, 0.25) is 0 Å². The number of rotatable bonds is 14. The first kappa shape index (κ1) is 20.7. The standard InChI is InChI=1S/C16H33F3N2/c1-2-3-4-5-6-7-8-9-10-12-15(21-20)13-11-14-16(17,18)19/h15,21H,2-14,20H2,1H3. The molecule has 0 saturated heterocycles. The molecule has 0 spiro atoms. The van der Waals surface area contributed by atoms with Gasteiger partial charge in [0, 0.05) is 12.5 Å². The van der Waals surface area contributed by atoms with E-state index in [0.717, 1.165) is 19.3 Å². The van der Waals surface area contributed by atoms with Crippen molar-refractivity contribution in [2.75, 3.05) is 0 Å². The van der Waals surface area contributed by atoms with Crippen LogP contribution in [0, 0.1) is 0 Å². The second-order valence-corrected chi connectivity index (χ2v) is 5.99. The summed E-state index contributed by atoms with van der Waals surface area (Å²) < 4.78 is 36.2. The van der Waals surface area contributed by atoms with E-state index in [0.29, 0.717) is 6.42 Å². The minimum absolute atomic E-state index is 0.0249. The molecule has 1 atom stereocenters. The van der Waals surface area contributed by atoms with E-state index >= 15 is 0 Å². The van der Waals surface area contributed by atoms with Crippen LogP contribution in [0.5, 0.6) is 0 Å². The summed E-state index contributed by atoms with van der Waals surface area (Å²) >= 11 is 0. The van der Waals surface area contributed by atoms with Crippen LogP contribution in [0.25, 0.3) is 0 Å². The predicted octanol–water partition coefficient (Wildman–Crippen LogP) is 5.47. The Morgan fingerprint density at radius 1 is 0.810 bits per heavy atom. The van der Waals surface area contributed by atoms with Crippen molar-refractivity contribution in [2.24, 2.45) is 5.84 Å². The third kappa shape index (κ3) is 15.9. The zero-order valence-electron chi connectivity index (χ0n) is 13.5. The van der Waals surface area contributed by atoms with Gasteiger partial charge in [-0.3, -0.25) is 11.3 Å². The van der Waals surface area contributed by atoms with Crippen molar-refractivity contribution in [1.82, 2.24) is 5.43 Å². The minimum atomic E-state index is -4.04. The third-order valence-corrected chi connectivity index (χ3v) is 3.90. The van der Waals surface area contributed by atoms with Crippen molar-refractivity contribution in [1.29, 1.82) is 0 Å². The number of unbranched alkanes of at least 4 members (excludes halogenated alkanes) is 8. The molecule has 5 heteroatoms. The number of hydrogen-bond donors (Lipinski definition) is 2. The van der Waals surface area contributed by atoms with Crippen molar-refractivity contribution in [2.45, 2.75) is 103 Å². The van der Waals surface area contributed by atoms with Crippen LogP contribution in [0.1, 0.15) is 90.4 Å². The van der Waals surface area contributed by atoms with E-state index in [1.807, 2.05) is 0 Å². The van der Waals surface area contributed by atoms with Crippen LogP contribution in [0.3, 0.4) is 0 Å². The number of hydrogen-bond acceptors (Lipinski definition) is 2. The van der Waals surface area contributed by atoms with E-state index in [9.17, 15) is 13.2 Å². The van der Waals surface area contributed by atoms with Crippen LogP contribution in [-0.4, -0.2) is 12.2 Å². The molecule has 0 amide bonds. The van der Waals surface area contributed by atoms with E-state index in [4.69, 9.17) is 5.84 Å². The zero-order valence-corrected chi connectivity index (χ0v) is 13.5. The smallest absolute Gasteiger partial charge is 0.271 e. The van der Waals surface area contributed by atoms with Crippen molar-refractivity contribution < 1.29 is 13.2 Å². The van der Waals surface area contributed by atoms with Gasteiger partial charge in [0.2, 0.25) is 0 Å². The molecule has 3 N–H and O–H groups in total. The van der Waals surface area contributed by atoms with Crippen LogP contribution in [0.4, 0.5) is 13.2 Å². The van der Waals surface area contributed by atoms with E-state index in [-0.39, 0.29) is 12.5 Å². The molecule has 0 bridgehead atoms. The van der Waals surface area contributed by atoms with E-state index < -0.39 is 12.6 Å². The number of halogens is 3. The maximum absolute atomic E-state index is 12.1. The van der Waals surface area contributed by atoms with Crippen LogP contribution >= 0.6 is 0 Å². The van der Waals surface area contributed by atoms with Crippen LogP contribution < -0.4 is 11.3 Å². The largest absolute Gasteiger partial charge is 0.389 e. The highest BCUT2D eigenvalue weighted by Gasteiger charge is 2.26. The molecule has 0 rings (SSSR count). The summed E-state index contributed by atoms with van der Waals surface area (Å²) in [7, 11) is 0. The highest BCUT2D eigenvalue weighted by Crippen LogP contribution is 2.23. The minimum Gasteiger partial charge on any atom is -0.271 e. The quantitative estimate of drug-likeness (QED) is 0.253. The van der Waals surface area contributed by atoms with Gasteiger partial charge in [-0.25, -0.2) is 0 Å². The fourth-order valence-corrected chi connectivity index (χ4v) is 2.56. The zero-order chi connectivity index (χ0) is 16.0. The summed E-state index contributed by atoms with van der Waals surface area (Å²) in [6.07, 6.45) is 8.11. The normalized spacial score (nSPS) is 13.6. The monoisotopic (exact) mass is 310 g/mol. The molecular formula is C16H33F3N2. The predicted molar refractivity (Wildman–Crippen MR) is 82.9 cm³/mol. The molecule has 0 aliphatic carbocycles. The van der Waals surface area contributed by atoms with Gasteiger partial charge in [-0.2, -0.15) is 13.2 Å². The lowest BCUT2D eigenvalue weighted by Gasteiger charge is -2.16. The lowest BCUT2D eigenvalue weighted by atomic mass is 10.0. The Labute approximate surface area is 128 Å². The van der Waals surface area contributed by atoms with Gasteiger partial charge in [-0.05, 0) is 19.3 Å². The highest BCUT2D eigenvalue weighted by atomic mass is 19.4. The summed E-state index contributed by atoms with van der Waals surface area (Å²) in [5, 5.41) is 0. The van der Waals surface area contributed by atoms with E-state index in [1.54, 1.807) is 0 Å². The summed E-state index contributed by atoms with van der Waals surface area (Å²) in [5.41, 5.74) is 2.65. The van der Waals surface area contributed by atoms with Crippen LogP contribution in [0.15, 0.2) is 0 Å². The summed E-state index contributed by atoms with van der Waals surface area (Å²) in [5.74, 6) is 5.40. The molecule has 0 fully saturated rings.